The third-order valence-electron chi connectivity index (χ3n) is 13.7. The van der Waals surface area contributed by atoms with Crippen molar-refractivity contribution in [2.45, 2.75) is 133 Å². The van der Waals surface area contributed by atoms with Crippen LogP contribution in [0.1, 0.15) is 68.7 Å². The second-order valence-electron chi connectivity index (χ2n) is 21.6. The number of carbonyl (C=O) groups is 14. The lowest BCUT2D eigenvalue weighted by Crippen LogP contribution is -2.61. The van der Waals surface area contributed by atoms with Crippen molar-refractivity contribution in [1.82, 2.24) is 47.9 Å². The van der Waals surface area contributed by atoms with E-state index in [0.717, 1.165) is 6.92 Å². The van der Waals surface area contributed by atoms with Gasteiger partial charge in [0.25, 0.3) is 0 Å². The maximum atomic E-state index is 14.4. The normalized spacial score (nSPS) is 14.2. The number of amides is 10. The largest absolute Gasteiger partial charge is 0.508 e. The van der Waals surface area contributed by atoms with Crippen LogP contribution in [0.5, 0.6) is 17.2 Å². The van der Waals surface area contributed by atoms with Crippen LogP contribution in [-0.2, 0) is 92.8 Å². The predicted octanol–water partition coefficient (Wildman–Crippen LogP) is -3.18. The number of primary amides is 1. The molecule has 0 unspecified atom stereocenters. The lowest BCUT2D eigenvalue weighted by atomic mass is 10.0. The van der Waals surface area contributed by atoms with Crippen LogP contribution in [0.15, 0.2) is 103 Å². The van der Waals surface area contributed by atoms with Crippen LogP contribution in [-0.4, -0.2) is 179 Å². The first kappa shape index (κ1) is 73.3. The molecule has 0 aromatic heterocycles. The minimum Gasteiger partial charge on any atom is -0.508 e. The van der Waals surface area contributed by atoms with E-state index in [1.165, 1.54) is 86.6 Å². The smallest absolute Gasteiger partial charge is 0.326 e. The zero-order chi connectivity index (χ0) is 68.5. The van der Waals surface area contributed by atoms with Gasteiger partial charge >= 0.3 is 23.9 Å². The summed E-state index contributed by atoms with van der Waals surface area (Å²) < 4.78 is 0. The Kier molecular flexibility index (Phi) is 28.0. The van der Waals surface area contributed by atoms with Gasteiger partial charge in [-0.25, -0.2) is 4.79 Å². The van der Waals surface area contributed by atoms with Crippen LogP contribution in [0.2, 0.25) is 0 Å². The number of nitrogens with one attached hydrogen (secondary N) is 9. The van der Waals surface area contributed by atoms with Crippen molar-refractivity contribution in [2.24, 2.45) is 17.4 Å². The third kappa shape index (κ3) is 24.8. The quantitative estimate of drug-likeness (QED) is 0.0214. The zero-order valence-electron chi connectivity index (χ0n) is 49.8. The molecule has 0 bridgehead atoms. The summed E-state index contributed by atoms with van der Waals surface area (Å²) in [4.78, 5) is 185. The van der Waals surface area contributed by atoms with E-state index in [0.29, 0.717) is 16.7 Å². The molecular weight excluding hydrogens is 1210 g/mol. The van der Waals surface area contributed by atoms with Gasteiger partial charge < -0.3 is 95.1 Å². The summed E-state index contributed by atoms with van der Waals surface area (Å²) in [5.41, 5.74) is 12.2. The second kappa shape index (κ2) is 35.1. The summed E-state index contributed by atoms with van der Waals surface area (Å²) in [7, 11) is 0. The van der Waals surface area contributed by atoms with Crippen molar-refractivity contribution in [1.29, 1.82) is 0 Å². The van der Waals surface area contributed by atoms with Crippen LogP contribution in [0.25, 0.3) is 0 Å². The Bertz CT molecular complexity index is 3320. The Hall–Kier alpha value is -11.2. The number of carbonyl (C=O) groups excluding carboxylic acids is 10. The van der Waals surface area contributed by atoms with E-state index in [9.17, 15) is 103 Å². The summed E-state index contributed by atoms with van der Waals surface area (Å²) in [6.45, 7) is 4.04. The minimum absolute atomic E-state index is 0.171. The Morgan fingerprint density at radius 2 is 0.620 bits per heavy atom. The van der Waals surface area contributed by atoms with E-state index in [2.05, 4.69) is 47.9 Å². The molecule has 92 heavy (non-hydrogen) atoms. The number of aliphatic carboxylic acids is 4. The highest BCUT2D eigenvalue weighted by Gasteiger charge is 2.37. The lowest BCUT2D eigenvalue weighted by molar-refractivity contribution is -0.145. The topological polar surface area (TPSA) is 541 Å². The number of rotatable bonds is 36. The molecule has 0 saturated heterocycles. The summed E-state index contributed by atoms with van der Waals surface area (Å²) >= 11 is 0. The van der Waals surface area contributed by atoms with E-state index in [1.54, 1.807) is 30.3 Å². The van der Waals surface area contributed by atoms with Gasteiger partial charge in [0, 0.05) is 25.7 Å². The fourth-order valence-corrected chi connectivity index (χ4v) is 8.84. The average Bonchev–Trinajstić information content (AvgIpc) is 1.16. The maximum Gasteiger partial charge on any atom is 0.326 e. The zero-order valence-corrected chi connectivity index (χ0v) is 49.8. The number of hydrogen-bond acceptors (Lipinski definition) is 18. The number of nitrogens with two attached hydrogens (primary N) is 2. The van der Waals surface area contributed by atoms with Crippen LogP contribution >= 0.6 is 0 Å². The van der Waals surface area contributed by atoms with E-state index in [4.69, 9.17) is 11.5 Å². The van der Waals surface area contributed by atoms with Gasteiger partial charge in [0.15, 0.2) is 0 Å². The Labute approximate surface area is 524 Å². The molecule has 32 heteroatoms. The van der Waals surface area contributed by atoms with E-state index in [1.807, 2.05) is 0 Å². The van der Waals surface area contributed by atoms with Crippen LogP contribution in [0, 0.1) is 5.92 Å². The monoisotopic (exact) mass is 1280 g/mol. The van der Waals surface area contributed by atoms with Gasteiger partial charge in [0.2, 0.25) is 59.1 Å². The first-order valence-electron chi connectivity index (χ1n) is 28.3. The fourth-order valence-electron chi connectivity index (χ4n) is 8.84. The van der Waals surface area contributed by atoms with E-state index < -0.39 is 181 Å². The van der Waals surface area contributed by atoms with Crippen molar-refractivity contribution >= 4 is 82.9 Å². The summed E-state index contributed by atoms with van der Waals surface area (Å²) in [6, 6.07) is 5.83. The molecule has 0 fully saturated rings. The molecule has 0 spiro atoms. The Morgan fingerprint density at radius 1 is 0.348 bits per heavy atom. The Balaban J connectivity index is 1.63. The number of benzene rings is 4. The van der Waals surface area contributed by atoms with Crippen LogP contribution in [0.3, 0.4) is 0 Å². The van der Waals surface area contributed by atoms with Gasteiger partial charge in [-0.15, -0.1) is 0 Å². The molecule has 0 aliphatic heterocycles. The molecule has 10 atom stereocenters. The molecule has 4 aromatic carbocycles. The van der Waals surface area contributed by atoms with Gasteiger partial charge in [0.05, 0.1) is 31.7 Å². The third-order valence-corrected chi connectivity index (χ3v) is 13.7. The van der Waals surface area contributed by atoms with E-state index in [-0.39, 0.29) is 42.1 Å². The summed E-state index contributed by atoms with van der Waals surface area (Å²) in [6.07, 6.45) is -5.63. The lowest BCUT2D eigenvalue weighted by Gasteiger charge is -2.27. The number of phenolic OH excluding ortho intramolecular Hbond substituents is 3. The molecule has 0 heterocycles. The van der Waals surface area contributed by atoms with Crippen molar-refractivity contribution in [3.05, 3.63) is 125 Å². The SMILES string of the molecule is CC(C)[C@H](NC(=O)[C@H](CC(=O)O)NC(=O)[C@H](Cc1ccccc1)NC(=O)[C@H](Cc1ccc(O)cc1)NC(=O)[C@H](C)NC(=O)[C@H](CC(=O)O)NC(=O)[C@H](Cc1ccc(O)cc1)NC(=O)[C@H](CC(=O)O)NC(=O)[C@H](Cc1ccc(O)cc1)NC(=O)[C@@H](N)CC(N)=O)C(=O)O. The van der Waals surface area contributed by atoms with Crippen LogP contribution < -0.4 is 59.3 Å². The number of aromatic hydroxyl groups is 3. The molecule has 4 rings (SSSR count). The number of hydrogen-bond donors (Lipinski definition) is 18. The standard InChI is InChI=1S/C60H73N11O21/c1-29(2)50(60(91)92)71-59(90)45(28-49(80)81)70-56(87)41(21-31-7-5-4-6-8-31)66-54(85)39(22-32-9-15-35(72)16-10-32)64-51(82)30(3)63-53(84)43(26-47(76)77)68-57(88)42(24-34-13-19-37(74)20-14-34)67-58(89)44(27-48(78)79)69-55(86)40(23-33-11-17-36(73)18-12-33)65-52(83)38(61)25-46(62)75/h4-20,29-30,38-45,50,72-74H,21-28,61H2,1-3H3,(H2,62,75)(H,63,84)(H,64,82)(H,65,83)(H,66,85)(H,67,89)(H,68,88)(H,69,86)(H,70,87)(H,71,90)(H,76,77)(H,78,79)(H,80,81)(H,91,92)/t30-,38-,39-,40-,41-,42-,43-,44-,45-,50-/m0/s1. The maximum absolute atomic E-state index is 14.4. The molecule has 20 N–H and O–H groups in total. The molecule has 494 valence electrons. The minimum atomic E-state index is -2.09. The highest BCUT2D eigenvalue weighted by Crippen LogP contribution is 2.17. The van der Waals surface area contributed by atoms with Crippen molar-refractivity contribution in [3.63, 3.8) is 0 Å². The number of carboxylic acid groups (broad SMARTS) is 4. The van der Waals surface area contributed by atoms with Crippen molar-refractivity contribution in [2.75, 3.05) is 0 Å². The molecule has 0 aliphatic carbocycles. The summed E-state index contributed by atoms with van der Waals surface area (Å²) in [5, 5.41) is 89.7. The summed E-state index contributed by atoms with van der Waals surface area (Å²) in [5.74, 6) is -19.4. The van der Waals surface area contributed by atoms with Gasteiger partial charge in [-0.2, -0.15) is 0 Å². The van der Waals surface area contributed by atoms with Gasteiger partial charge in [-0.05, 0) is 71.5 Å². The van der Waals surface area contributed by atoms with Gasteiger partial charge in [-0.1, -0.05) is 80.6 Å². The number of phenols is 3. The first-order valence-corrected chi connectivity index (χ1v) is 28.3. The average molecular weight is 1280 g/mol. The van der Waals surface area contributed by atoms with Gasteiger partial charge in [-0.3, -0.25) is 62.3 Å². The molecule has 10 amide bonds. The molecular formula is C60H73N11O21. The number of carboxylic acids is 4. The van der Waals surface area contributed by atoms with E-state index >= 15 is 0 Å². The predicted molar refractivity (Wildman–Crippen MR) is 320 cm³/mol. The highest BCUT2D eigenvalue weighted by molar-refractivity contribution is 6.00. The van der Waals surface area contributed by atoms with Crippen molar-refractivity contribution in [3.8, 4) is 17.2 Å². The first-order chi connectivity index (χ1) is 43.3. The Morgan fingerprint density at radius 3 is 0.924 bits per heavy atom. The molecule has 0 saturated carbocycles. The molecule has 0 radical (unpaired) electrons. The molecule has 32 nitrogen and oxygen atoms in total. The second-order valence-corrected chi connectivity index (χ2v) is 21.6. The van der Waals surface area contributed by atoms with Gasteiger partial charge in [0.1, 0.15) is 71.6 Å². The van der Waals surface area contributed by atoms with Crippen LogP contribution in [0.4, 0.5) is 0 Å². The molecule has 0 aliphatic rings. The fraction of sp³-hybridized carbons (Fsp3) is 0.367. The highest BCUT2D eigenvalue weighted by atomic mass is 16.4. The molecule has 4 aromatic rings. The van der Waals surface area contributed by atoms with Crippen molar-refractivity contribution < 1.29 is 103 Å².